The number of aromatic nitrogens is 1. The molecular weight excluding hydrogens is 365 g/mol. The molecule has 1 aromatic carbocycles. The molecule has 2 amide bonds. The summed E-state index contributed by atoms with van der Waals surface area (Å²) in [7, 11) is 0. The van der Waals surface area contributed by atoms with Gasteiger partial charge < -0.3 is 15.3 Å². The summed E-state index contributed by atoms with van der Waals surface area (Å²) in [5.74, 6) is -2.08. The summed E-state index contributed by atoms with van der Waals surface area (Å²) in [6.07, 6.45) is 2.32. The number of rotatable bonds is 5. The van der Waals surface area contributed by atoms with Crippen LogP contribution >= 0.6 is 0 Å². The number of amides is 2. The third-order valence-corrected chi connectivity index (χ3v) is 4.76. The maximum Gasteiger partial charge on any atom is 0.335 e. The van der Waals surface area contributed by atoms with Gasteiger partial charge in [0.05, 0.1) is 5.56 Å². The van der Waals surface area contributed by atoms with Gasteiger partial charge in [-0.1, -0.05) is 12.1 Å². The summed E-state index contributed by atoms with van der Waals surface area (Å²) in [6, 6.07) is 8.52. The maximum atomic E-state index is 12.9. The molecule has 3 rings (SSSR count). The number of pyridine rings is 1. The number of hydrogen-bond acceptors (Lipinski definition) is 4. The monoisotopic (exact) mass is 385 g/mol. The van der Waals surface area contributed by atoms with Crippen molar-refractivity contribution in [1.29, 1.82) is 0 Å². The predicted molar refractivity (Wildman–Crippen MR) is 98.1 cm³/mol. The van der Waals surface area contributed by atoms with Crippen molar-refractivity contribution in [2.75, 3.05) is 13.1 Å². The first-order valence-corrected chi connectivity index (χ1v) is 8.95. The van der Waals surface area contributed by atoms with Crippen LogP contribution in [0.2, 0.25) is 0 Å². The van der Waals surface area contributed by atoms with Gasteiger partial charge in [0.25, 0.3) is 5.91 Å². The van der Waals surface area contributed by atoms with E-state index < -0.39 is 5.97 Å². The number of benzene rings is 1. The Labute approximate surface area is 161 Å². The maximum absolute atomic E-state index is 12.9. The van der Waals surface area contributed by atoms with E-state index in [0.29, 0.717) is 32.5 Å². The highest BCUT2D eigenvalue weighted by Gasteiger charge is 2.28. The van der Waals surface area contributed by atoms with Crippen molar-refractivity contribution in [3.05, 3.63) is 65.2 Å². The quantitative estimate of drug-likeness (QED) is 0.821. The van der Waals surface area contributed by atoms with E-state index in [4.69, 9.17) is 5.11 Å². The van der Waals surface area contributed by atoms with Gasteiger partial charge in [0, 0.05) is 31.7 Å². The lowest BCUT2D eigenvalue weighted by Gasteiger charge is -2.31. The van der Waals surface area contributed by atoms with E-state index >= 15 is 0 Å². The van der Waals surface area contributed by atoms with Crippen molar-refractivity contribution in [3.8, 4) is 0 Å². The zero-order valence-electron chi connectivity index (χ0n) is 15.1. The van der Waals surface area contributed by atoms with Crippen LogP contribution in [0.3, 0.4) is 0 Å². The normalized spacial score (nSPS) is 14.5. The van der Waals surface area contributed by atoms with Crippen LogP contribution in [0.4, 0.5) is 4.39 Å². The van der Waals surface area contributed by atoms with Gasteiger partial charge >= 0.3 is 5.97 Å². The van der Waals surface area contributed by atoms with Crippen molar-refractivity contribution in [2.24, 2.45) is 5.92 Å². The fraction of sp³-hybridized carbons (Fsp3) is 0.300. The van der Waals surface area contributed by atoms with Crippen LogP contribution in [0, 0.1) is 11.7 Å². The summed E-state index contributed by atoms with van der Waals surface area (Å²) in [4.78, 5) is 41.4. The Morgan fingerprint density at radius 1 is 1.14 bits per heavy atom. The highest BCUT2D eigenvalue weighted by atomic mass is 19.1. The Bertz CT molecular complexity index is 877. The van der Waals surface area contributed by atoms with E-state index in [1.54, 1.807) is 17.0 Å². The van der Waals surface area contributed by atoms with E-state index in [9.17, 15) is 18.8 Å². The second-order valence-corrected chi connectivity index (χ2v) is 6.65. The Kier molecular flexibility index (Phi) is 5.98. The van der Waals surface area contributed by atoms with Crippen molar-refractivity contribution < 1.29 is 23.9 Å². The van der Waals surface area contributed by atoms with Gasteiger partial charge in [-0.3, -0.25) is 14.6 Å². The molecule has 0 unspecified atom stereocenters. The number of likely N-dealkylation sites (tertiary alicyclic amines) is 1. The first-order valence-electron chi connectivity index (χ1n) is 8.95. The summed E-state index contributed by atoms with van der Waals surface area (Å²) in [5.41, 5.74) is 0.902. The number of carbonyl (C=O) groups is 3. The number of hydrogen-bond donors (Lipinski definition) is 2. The van der Waals surface area contributed by atoms with Crippen LogP contribution < -0.4 is 5.32 Å². The Hall–Kier alpha value is -3.29. The zero-order valence-corrected chi connectivity index (χ0v) is 15.1. The molecule has 1 aromatic heterocycles. The molecular formula is C20H20FN3O4. The summed E-state index contributed by atoms with van der Waals surface area (Å²) in [5, 5.41) is 11.9. The summed E-state index contributed by atoms with van der Waals surface area (Å²) < 4.78 is 12.9. The molecule has 8 heteroatoms. The molecule has 28 heavy (non-hydrogen) atoms. The first-order chi connectivity index (χ1) is 13.4. The second-order valence-electron chi connectivity index (χ2n) is 6.65. The summed E-state index contributed by atoms with van der Waals surface area (Å²) in [6.45, 7) is 1.11. The number of carbonyl (C=O) groups excluding carboxylic acids is 2. The molecule has 0 aliphatic carbocycles. The number of carboxylic acid groups (broad SMARTS) is 1. The Balaban J connectivity index is 1.51. The van der Waals surface area contributed by atoms with Gasteiger partial charge in [-0.25, -0.2) is 9.18 Å². The van der Waals surface area contributed by atoms with Gasteiger partial charge in [-0.2, -0.15) is 0 Å². The highest BCUT2D eigenvalue weighted by molar-refractivity contribution is 5.96. The third-order valence-electron chi connectivity index (χ3n) is 4.76. The van der Waals surface area contributed by atoms with Crippen LogP contribution in [0.5, 0.6) is 0 Å². The van der Waals surface area contributed by atoms with Crippen LogP contribution in [0.25, 0.3) is 0 Å². The molecule has 2 N–H and O–H groups in total. The number of nitrogens with one attached hydrogen (secondary N) is 1. The molecule has 2 heterocycles. The molecule has 0 radical (unpaired) electrons. The number of piperidine rings is 1. The van der Waals surface area contributed by atoms with Crippen molar-refractivity contribution in [1.82, 2.24) is 15.2 Å². The number of halogens is 1. The molecule has 2 aromatic rings. The molecule has 0 saturated carbocycles. The largest absolute Gasteiger partial charge is 0.478 e. The minimum atomic E-state index is -1.12. The first kappa shape index (κ1) is 19.5. The van der Waals surface area contributed by atoms with Crippen molar-refractivity contribution in [3.63, 3.8) is 0 Å². The lowest BCUT2D eigenvalue weighted by Crippen LogP contribution is -2.43. The molecule has 146 valence electrons. The molecule has 1 fully saturated rings. The van der Waals surface area contributed by atoms with E-state index in [0.717, 1.165) is 5.56 Å². The lowest BCUT2D eigenvalue weighted by atomic mass is 9.95. The number of nitrogens with zero attached hydrogens (tertiary/aromatic N) is 2. The second kappa shape index (κ2) is 8.60. The van der Waals surface area contributed by atoms with Crippen LogP contribution in [-0.2, 0) is 11.3 Å². The molecule has 0 atom stereocenters. The van der Waals surface area contributed by atoms with E-state index in [1.165, 1.54) is 30.5 Å². The standard InChI is InChI=1S/C20H20FN3O4/c21-16-3-1-13(2-4-16)12-23-18(25)14-6-9-24(10-7-14)19(26)17-11-15(20(27)28)5-8-22-17/h1-5,8,11,14H,6-7,9-10,12H2,(H,23,25)(H,27,28). The smallest absolute Gasteiger partial charge is 0.335 e. The summed E-state index contributed by atoms with van der Waals surface area (Å²) >= 11 is 0. The third kappa shape index (κ3) is 4.70. The predicted octanol–water partition coefficient (Wildman–Crippen LogP) is 2.09. The number of carboxylic acids is 1. The zero-order chi connectivity index (χ0) is 20.1. The topological polar surface area (TPSA) is 99.6 Å². The van der Waals surface area contributed by atoms with Gasteiger partial charge in [0.1, 0.15) is 11.5 Å². The van der Waals surface area contributed by atoms with Crippen molar-refractivity contribution >= 4 is 17.8 Å². The Morgan fingerprint density at radius 2 is 1.82 bits per heavy atom. The fourth-order valence-electron chi connectivity index (χ4n) is 3.12. The van der Waals surface area contributed by atoms with Gasteiger partial charge in [-0.05, 0) is 42.7 Å². The minimum absolute atomic E-state index is 0.00778. The van der Waals surface area contributed by atoms with Crippen LogP contribution in [-0.4, -0.2) is 45.9 Å². The molecule has 1 aliphatic heterocycles. The fourth-order valence-corrected chi connectivity index (χ4v) is 3.12. The molecule has 0 bridgehead atoms. The van der Waals surface area contributed by atoms with Crippen LogP contribution in [0.15, 0.2) is 42.6 Å². The van der Waals surface area contributed by atoms with Crippen LogP contribution in [0.1, 0.15) is 39.3 Å². The van der Waals surface area contributed by atoms with E-state index in [-0.39, 0.29) is 34.8 Å². The van der Waals surface area contributed by atoms with E-state index in [1.807, 2.05) is 0 Å². The van der Waals surface area contributed by atoms with Gasteiger partial charge in [0.15, 0.2) is 0 Å². The van der Waals surface area contributed by atoms with Crippen molar-refractivity contribution in [2.45, 2.75) is 19.4 Å². The molecule has 1 saturated heterocycles. The SMILES string of the molecule is O=C(O)c1ccnc(C(=O)N2CCC(C(=O)NCc3ccc(F)cc3)CC2)c1. The Morgan fingerprint density at radius 3 is 2.46 bits per heavy atom. The average molecular weight is 385 g/mol. The highest BCUT2D eigenvalue weighted by Crippen LogP contribution is 2.19. The molecule has 0 spiro atoms. The molecule has 7 nitrogen and oxygen atoms in total. The van der Waals surface area contributed by atoms with E-state index in [2.05, 4.69) is 10.3 Å². The minimum Gasteiger partial charge on any atom is -0.478 e. The average Bonchev–Trinajstić information content (AvgIpc) is 2.72. The lowest BCUT2D eigenvalue weighted by molar-refractivity contribution is -0.126. The van der Waals surface area contributed by atoms with Gasteiger partial charge in [-0.15, -0.1) is 0 Å². The molecule has 1 aliphatic rings. The van der Waals surface area contributed by atoms with Gasteiger partial charge in [0.2, 0.25) is 5.91 Å². The number of aromatic carboxylic acids is 1.